The van der Waals surface area contributed by atoms with Gasteiger partial charge in [0.05, 0.1) is 0 Å². The van der Waals surface area contributed by atoms with Crippen LogP contribution in [0, 0.1) is 11.3 Å². The highest BCUT2D eigenvalue weighted by molar-refractivity contribution is 4.75. The van der Waals surface area contributed by atoms with Gasteiger partial charge in [-0.3, -0.25) is 0 Å². The Morgan fingerprint density at radius 2 is 1.36 bits per heavy atom. The molecule has 0 saturated heterocycles. The van der Waals surface area contributed by atoms with Gasteiger partial charge in [0.2, 0.25) is 0 Å². The molecule has 0 aromatic rings. The molecule has 2 nitrogen and oxygen atoms in total. The van der Waals surface area contributed by atoms with Crippen LogP contribution in [-0.2, 0) is 9.47 Å². The summed E-state index contributed by atoms with van der Waals surface area (Å²) in [4.78, 5) is 0. The molecule has 0 aliphatic rings. The number of ether oxygens (including phenoxy) is 2. The van der Waals surface area contributed by atoms with E-state index in [2.05, 4.69) is 27.7 Å². The first-order chi connectivity index (χ1) is 4.96. The van der Waals surface area contributed by atoms with Crippen molar-refractivity contribution < 1.29 is 9.47 Å². The Morgan fingerprint density at radius 1 is 1.00 bits per heavy atom. The van der Waals surface area contributed by atoms with Crippen LogP contribution < -0.4 is 0 Å². The molecule has 0 fully saturated rings. The lowest BCUT2D eigenvalue weighted by atomic mass is 9.80. The molecule has 0 aromatic heterocycles. The third-order valence-corrected chi connectivity index (χ3v) is 2.52. The second-order valence-corrected chi connectivity index (χ2v) is 3.78. The van der Waals surface area contributed by atoms with E-state index in [0.29, 0.717) is 5.92 Å². The molecule has 0 aliphatic carbocycles. The van der Waals surface area contributed by atoms with Crippen LogP contribution >= 0.6 is 0 Å². The van der Waals surface area contributed by atoms with Crippen molar-refractivity contribution in [3.05, 3.63) is 0 Å². The van der Waals surface area contributed by atoms with Gasteiger partial charge in [0.1, 0.15) is 0 Å². The lowest BCUT2D eigenvalue weighted by molar-refractivity contribution is -0.180. The van der Waals surface area contributed by atoms with E-state index in [1.54, 1.807) is 14.2 Å². The minimum Gasteiger partial charge on any atom is -0.355 e. The molecule has 0 atom stereocenters. The van der Waals surface area contributed by atoms with Gasteiger partial charge >= 0.3 is 0 Å². The molecule has 0 saturated carbocycles. The van der Waals surface area contributed by atoms with Crippen molar-refractivity contribution in [2.75, 3.05) is 14.2 Å². The summed E-state index contributed by atoms with van der Waals surface area (Å²) >= 11 is 0. The highest BCUT2D eigenvalue weighted by atomic mass is 16.7. The Balaban J connectivity index is 4.24. The predicted molar refractivity (Wildman–Crippen MR) is 46.4 cm³/mol. The van der Waals surface area contributed by atoms with Crippen molar-refractivity contribution in [3.63, 3.8) is 0 Å². The highest BCUT2D eigenvalue weighted by Crippen LogP contribution is 2.31. The van der Waals surface area contributed by atoms with Crippen LogP contribution in [0.5, 0.6) is 0 Å². The van der Waals surface area contributed by atoms with Gasteiger partial charge in [0, 0.05) is 19.6 Å². The number of methoxy groups -OCH3 is 2. The zero-order valence-corrected chi connectivity index (χ0v) is 8.47. The molecule has 2 heteroatoms. The van der Waals surface area contributed by atoms with Crippen LogP contribution in [0.3, 0.4) is 0 Å². The van der Waals surface area contributed by atoms with Gasteiger partial charge in [-0.15, -0.1) is 0 Å². The lowest BCUT2D eigenvalue weighted by Gasteiger charge is -2.35. The SMILES string of the molecule is COC(OC)C(C)(C)C(C)C. The normalized spacial score (nSPS) is 13.1. The van der Waals surface area contributed by atoms with E-state index in [9.17, 15) is 0 Å². The van der Waals surface area contributed by atoms with E-state index in [1.165, 1.54) is 0 Å². The second kappa shape index (κ2) is 4.07. The third kappa shape index (κ3) is 2.46. The van der Waals surface area contributed by atoms with E-state index >= 15 is 0 Å². The molecule has 0 amide bonds. The molecule has 68 valence electrons. The van der Waals surface area contributed by atoms with Crippen molar-refractivity contribution in [1.29, 1.82) is 0 Å². The summed E-state index contributed by atoms with van der Waals surface area (Å²) < 4.78 is 10.4. The summed E-state index contributed by atoms with van der Waals surface area (Å²) in [6.07, 6.45) is -0.109. The van der Waals surface area contributed by atoms with E-state index in [0.717, 1.165) is 0 Å². The van der Waals surface area contributed by atoms with E-state index in [1.807, 2.05) is 0 Å². The smallest absolute Gasteiger partial charge is 0.162 e. The molecule has 0 heterocycles. The van der Waals surface area contributed by atoms with Crippen molar-refractivity contribution in [3.8, 4) is 0 Å². The molecule has 0 bridgehead atoms. The Kier molecular flexibility index (Phi) is 4.04. The largest absolute Gasteiger partial charge is 0.355 e. The van der Waals surface area contributed by atoms with Gasteiger partial charge in [0.25, 0.3) is 0 Å². The first-order valence-corrected chi connectivity index (χ1v) is 4.02. The Hall–Kier alpha value is -0.0800. The minimum absolute atomic E-state index is 0.0729. The second-order valence-electron chi connectivity index (χ2n) is 3.78. The fraction of sp³-hybridized carbons (Fsp3) is 1.00. The van der Waals surface area contributed by atoms with Gasteiger partial charge in [-0.05, 0) is 5.92 Å². The van der Waals surface area contributed by atoms with Crippen molar-refractivity contribution in [2.45, 2.75) is 34.0 Å². The molecule has 0 aromatic carbocycles. The Bertz CT molecular complexity index is 104. The fourth-order valence-electron chi connectivity index (χ4n) is 0.976. The van der Waals surface area contributed by atoms with Crippen LogP contribution in [0.4, 0.5) is 0 Å². The maximum atomic E-state index is 5.20. The molecule has 0 radical (unpaired) electrons. The quantitative estimate of drug-likeness (QED) is 0.587. The van der Waals surface area contributed by atoms with Gasteiger partial charge in [-0.1, -0.05) is 27.7 Å². The van der Waals surface area contributed by atoms with E-state index in [4.69, 9.17) is 9.47 Å². The zero-order valence-electron chi connectivity index (χ0n) is 8.47. The predicted octanol–water partition coefficient (Wildman–Crippen LogP) is 2.29. The Labute approximate surface area is 69.9 Å². The van der Waals surface area contributed by atoms with E-state index in [-0.39, 0.29) is 11.7 Å². The van der Waals surface area contributed by atoms with Crippen molar-refractivity contribution in [1.82, 2.24) is 0 Å². The van der Waals surface area contributed by atoms with Crippen molar-refractivity contribution >= 4 is 0 Å². The topological polar surface area (TPSA) is 18.5 Å². The third-order valence-electron chi connectivity index (χ3n) is 2.52. The summed E-state index contributed by atoms with van der Waals surface area (Å²) in [5, 5.41) is 0. The van der Waals surface area contributed by atoms with Gasteiger partial charge in [0.15, 0.2) is 6.29 Å². The number of hydrogen-bond acceptors (Lipinski definition) is 2. The molecule has 11 heavy (non-hydrogen) atoms. The monoisotopic (exact) mass is 160 g/mol. The standard InChI is InChI=1S/C9H20O2/c1-7(2)9(3,4)8(10-5)11-6/h7-8H,1-6H3. The zero-order chi connectivity index (χ0) is 9.07. The molecular weight excluding hydrogens is 140 g/mol. The van der Waals surface area contributed by atoms with Crippen LogP contribution in [0.25, 0.3) is 0 Å². The first-order valence-electron chi connectivity index (χ1n) is 4.02. The average Bonchev–Trinajstić information content (AvgIpc) is 1.89. The van der Waals surface area contributed by atoms with Crippen molar-refractivity contribution in [2.24, 2.45) is 11.3 Å². The first kappa shape index (κ1) is 10.9. The highest BCUT2D eigenvalue weighted by Gasteiger charge is 2.32. The van der Waals surface area contributed by atoms with Gasteiger partial charge in [-0.2, -0.15) is 0 Å². The van der Waals surface area contributed by atoms with Gasteiger partial charge < -0.3 is 9.47 Å². The van der Waals surface area contributed by atoms with Gasteiger partial charge in [-0.25, -0.2) is 0 Å². The molecule has 0 aliphatic heterocycles. The number of rotatable bonds is 4. The lowest BCUT2D eigenvalue weighted by Crippen LogP contribution is -2.37. The molecular formula is C9H20O2. The molecule has 0 unspecified atom stereocenters. The molecule has 0 spiro atoms. The minimum atomic E-state index is -0.109. The molecule has 0 N–H and O–H groups in total. The fourth-order valence-corrected chi connectivity index (χ4v) is 0.976. The maximum Gasteiger partial charge on any atom is 0.162 e. The van der Waals surface area contributed by atoms with Crippen LogP contribution in [0.2, 0.25) is 0 Å². The van der Waals surface area contributed by atoms with E-state index < -0.39 is 0 Å². The summed E-state index contributed by atoms with van der Waals surface area (Å²) in [5.41, 5.74) is 0.0729. The average molecular weight is 160 g/mol. The summed E-state index contributed by atoms with van der Waals surface area (Å²) in [5.74, 6) is 0.549. The maximum absolute atomic E-state index is 5.20. The van der Waals surface area contributed by atoms with Crippen LogP contribution in [0.15, 0.2) is 0 Å². The van der Waals surface area contributed by atoms with Crippen LogP contribution in [-0.4, -0.2) is 20.5 Å². The van der Waals surface area contributed by atoms with Crippen LogP contribution in [0.1, 0.15) is 27.7 Å². The number of hydrogen-bond donors (Lipinski definition) is 0. The summed E-state index contributed by atoms with van der Waals surface area (Å²) in [6.45, 7) is 8.64. The summed E-state index contributed by atoms with van der Waals surface area (Å²) in [7, 11) is 3.36. The summed E-state index contributed by atoms with van der Waals surface area (Å²) in [6, 6.07) is 0. The molecule has 0 rings (SSSR count). The Morgan fingerprint density at radius 3 is 1.45 bits per heavy atom.